The van der Waals surface area contributed by atoms with Crippen molar-refractivity contribution in [2.75, 3.05) is 31.1 Å². The summed E-state index contributed by atoms with van der Waals surface area (Å²) in [5, 5.41) is 1.11. The maximum atomic E-state index is 12.7. The van der Waals surface area contributed by atoms with E-state index in [0.717, 1.165) is 34.0 Å². The average Bonchev–Trinajstić information content (AvgIpc) is 3.20. The van der Waals surface area contributed by atoms with Crippen LogP contribution >= 0.6 is 22.9 Å². The third-order valence-electron chi connectivity index (χ3n) is 5.49. The molecule has 1 aliphatic heterocycles. The van der Waals surface area contributed by atoms with E-state index >= 15 is 0 Å². The molecule has 4 rings (SSSR count). The van der Waals surface area contributed by atoms with Crippen LogP contribution in [0.2, 0.25) is 5.02 Å². The maximum Gasteiger partial charge on any atom is 0.227 e. The standard InChI is InChI=1S/C22H24ClN3O3S2/c1-15(2)31(28,29)17-8-6-16(7-9-17)14-20(27)25-10-12-26(13-11-25)22-24-21-18(23)4-3-5-19(21)30-22/h3-9,15H,10-14H2,1-2H3. The highest BCUT2D eigenvalue weighted by molar-refractivity contribution is 7.92. The first-order valence-corrected chi connectivity index (χ1v) is 12.9. The van der Waals surface area contributed by atoms with E-state index in [1.807, 2.05) is 23.1 Å². The second-order valence-electron chi connectivity index (χ2n) is 7.87. The highest BCUT2D eigenvalue weighted by Crippen LogP contribution is 2.33. The number of amides is 1. The Morgan fingerprint density at radius 3 is 2.39 bits per heavy atom. The molecule has 2 aromatic carbocycles. The summed E-state index contributed by atoms with van der Waals surface area (Å²) < 4.78 is 25.5. The van der Waals surface area contributed by atoms with Crippen LogP contribution in [0.3, 0.4) is 0 Å². The van der Waals surface area contributed by atoms with Crippen molar-refractivity contribution >= 4 is 54.0 Å². The van der Waals surface area contributed by atoms with Crippen molar-refractivity contribution in [2.24, 2.45) is 0 Å². The van der Waals surface area contributed by atoms with Gasteiger partial charge in [0.2, 0.25) is 5.91 Å². The number of piperazine rings is 1. The number of carbonyl (C=O) groups is 1. The normalized spacial score (nSPS) is 15.1. The lowest BCUT2D eigenvalue weighted by Crippen LogP contribution is -2.49. The number of hydrogen-bond donors (Lipinski definition) is 0. The molecule has 0 N–H and O–H groups in total. The molecule has 0 saturated carbocycles. The SMILES string of the molecule is CC(C)S(=O)(=O)c1ccc(CC(=O)N2CCN(c3nc4c(Cl)cccc4s3)CC2)cc1. The molecule has 0 radical (unpaired) electrons. The van der Waals surface area contributed by atoms with Gasteiger partial charge in [-0.25, -0.2) is 13.4 Å². The molecule has 1 fully saturated rings. The lowest BCUT2D eigenvalue weighted by Gasteiger charge is -2.34. The third-order valence-corrected chi connectivity index (χ3v) is 9.05. The number of halogens is 1. The molecule has 0 atom stereocenters. The molecule has 1 saturated heterocycles. The van der Waals surface area contributed by atoms with Crippen LogP contribution in [0.15, 0.2) is 47.4 Å². The zero-order valence-corrected chi connectivity index (χ0v) is 19.8. The predicted octanol–water partition coefficient (Wildman–Crippen LogP) is 4.02. The number of carbonyl (C=O) groups excluding carboxylic acids is 1. The Bertz CT molecular complexity index is 1200. The number of benzene rings is 2. The van der Waals surface area contributed by atoms with Gasteiger partial charge in [0.05, 0.1) is 26.3 Å². The van der Waals surface area contributed by atoms with E-state index in [-0.39, 0.29) is 12.3 Å². The largest absolute Gasteiger partial charge is 0.345 e. The van der Waals surface area contributed by atoms with E-state index in [0.29, 0.717) is 23.0 Å². The van der Waals surface area contributed by atoms with Crippen molar-refractivity contribution in [1.29, 1.82) is 0 Å². The second-order valence-corrected chi connectivity index (χ2v) is 11.8. The molecule has 1 amide bonds. The Morgan fingerprint density at radius 1 is 1.10 bits per heavy atom. The number of rotatable bonds is 5. The third kappa shape index (κ3) is 4.56. The minimum absolute atomic E-state index is 0.0476. The molecule has 1 aromatic heterocycles. The van der Waals surface area contributed by atoms with Crippen molar-refractivity contribution < 1.29 is 13.2 Å². The highest BCUT2D eigenvalue weighted by Gasteiger charge is 2.24. The molecule has 2 heterocycles. The molecule has 164 valence electrons. The number of nitrogens with zero attached hydrogens (tertiary/aromatic N) is 3. The second kappa shape index (κ2) is 8.76. The highest BCUT2D eigenvalue weighted by atomic mass is 35.5. The number of anilines is 1. The van der Waals surface area contributed by atoms with Crippen LogP contribution in [0.1, 0.15) is 19.4 Å². The van der Waals surface area contributed by atoms with Crippen LogP contribution in [-0.2, 0) is 21.1 Å². The molecule has 1 aliphatic rings. The minimum atomic E-state index is -3.30. The topological polar surface area (TPSA) is 70.6 Å². The molecule has 0 spiro atoms. The summed E-state index contributed by atoms with van der Waals surface area (Å²) in [7, 11) is -3.30. The van der Waals surface area contributed by atoms with Gasteiger partial charge in [0.15, 0.2) is 15.0 Å². The summed E-state index contributed by atoms with van der Waals surface area (Å²) in [4.78, 5) is 21.8. The van der Waals surface area contributed by atoms with Crippen LogP contribution in [0.5, 0.6) is 0 Å². The number of aromatic nitrogens is 1. The predicted molar refractivity (Wildman–Crippen MR) is 126 cm³/mol. The Labute approximate surface area is 191 Å². The molecular weight excluding hydrogens is 454 g/mol. The van der Waals surface area contributed by atoms with Crippen LogP contribution in [0, 0.1) is 0 Å². The number of sulfone groups is 1. The Morgan fingerprint density at radius 2 is 1.77 bits per heavy atom. The first kappa shape index (κ1) is 22.0. The Balaban J connectivity index is 1.36. The van der Waals surface area contributed by atoms with Crippen molar-refractivity contribution in [3.63, 3.8) is 0 Å². The van der Waals surface area contributed by atoms with Crippen LogP contribution in [0.25, 0.3) is 10.2 Å². The number of thiazole rings is 1. The molecular formula is C22H24ClN3O3S2. The van der Waals surface area contributed by atoms with Crippen molar-refractivity contribution in [3.05, 3.63) is 53.1 Å². The first-order valence-electron chi connectivity index (χ1n) is 10.2. The lowest BCUT2D eigenvalue weighted by atomic mass is 10.1. The van der Waals surface area contributed by atoms with Gasteiger partial charge >= 0.3 is 0 Å². The molecule has 0 unspecified atom stereocenters. The zero-order chi connectivity index (χ0) is 22.2. The fourth-order valence-electron chi connectivity index (χ4n) is 3.54. The van der Waals surface area contributed by atoms with E-state index < -0.39 is 15.1 Å². The summed E-state index contributed by atoms with van der Waals surface area (Å²) in [6.45, 7) is 6.01. The zero-order valence-electron chi connectivity index (χ0n) is 17.4. The fourth-order valence-corrected chi connectivity index (χ4v) is 5.92. The smallest absolute Gasteiger partial charge is 0.227 e. The lowest BCUT2D eigenvalue weighted by molar-refractivity contribution is -0.130. The van der Waals surface area contributed by atoms with Gasteiger partial charge in [-0.05, 0) is 43.7 Å². The van der Waals surface area contributed by atoms with Crippen molar-refractivity contribution in [3.8, 4) is 0 Å². The summed E-state index contributed by atoms with van der Waals surface area (Å²) in [5.74, 6) is 0.0476. The van der Waals surface area contributed by atoms with Crippen LogP contribution < -0.4 is 4.90 Å². The van der Waals surface area contributed by atoms with Crippen LogP contribution in [-0.4, -0.2) is 55.6 Å². The number of fused-ring (bicyclic) bond motifs is 1. The van der Waals surface area contributed by atoms with Crippen LogP contribution in [0.4, 0.5) is 5.13 Å². The van der Waals surface area contributed by atoms with Gasteiger partial charge in [-0.15, -0.1) is 0 Å². The minimum Gasteiger partial charge on any atom is -0.345 e. The van der Waals surface area contributed by atoms with Crippen molar-refractivity contribution in [1.82, 2.24) is 9.88 Å². The van der Waals surface area contributed by atoms with Gasteiger partial charge in [-0.3, -0.25) is 4.79 Å². The summed E-state index contributed by atoms with van der Waals surface area (Å²) in [6.07, 6.45) is 0.263. The molecule has 3 aromatic rings. The average molecular weight is 478 g/mol. The van der Waals surface area contributed by atoms with Gasteiger partial charge < -0.3 is 9.80 Å². The Hall–Kier alpha value is -2.16. The molecule has 9 heteroatoms. The number of para-hydroxylation sites is 1. The van der Waals surface area contributed by atoms with Crippen molar-refractivity contribution in [2.45, 2.75) is 30.4 Å². The maximum absolute atomic E-state index is 12.7. The van der Waals surface area contributed by atoms with E-state index in [4.69, 9.17) is 11.6 Å². The van der Waals surface area contributed by atoms with Gasteiger partial charge in [-0.2, -0.15) is 0 Å². The summed E-state index contributed by atoms with van der Waals surface area (Å²) >= 11 is 7.85. The monoisotopic (exact) mass is 477 g/mol. The van der Waals surface area contributed by atoms with Gasteiger partial charge in [0.25, 0.3) is 0 Å². The molecule has 6 nitrogen and oxygen atoms in total. The summed E-state index contributed by atoms with van der Waals surface area (Å²) in [6, 6.07) is 12.4. The van der Waals surface area contributed by atoms with E-state index in [1.165, 1.54) is 0 Å². The Kier molecular flexibility index (Phi) is 6.23. The van der Waals surface area contributed by atoms with E-state index in [1.54, 1.807) is 49.4 Å². The van der Waals surface area contributed by atoms with Gasteiger partial charge in [0, 0.05) is 26.2 Å². The number of hydrogen-bond acceptors (Lipinski definition) is 6. The van der Waals surface area contributed by atoms with E-state index in [2.05, 4.69) is 9.88 Å². The fraction of sp³-hybridized carbons (Fsp3) is 0.364. The quantitative estimate of drug-likeness (QED) is 0.555. The molecule has 0 aliphatic carbocycles. The summed E-state index contributed by atoms with van der Waals surface area (Å²) in [5.41, 5.74) is 1.64. The molecule has 31 heavy (non-hydrogen) atoms. The first-order chi connectivity index (χ1) is 14.8. The van der Waals surface area contributed by atoms with Gasteiger partial charge in [0.1, 0.15) is 5.52 Å². The molecule has 0 bridgehead atoms. The van der Waals surface area contributed by atoms with E-state index in [9.17, 15) is 13.2 Å². The van der Waals surface area contributed by atoms with Gasteiger partial charge in [-0.1, -0.05) is 41.1 Å².